The Hall–Kier alpha value is -2.37. The van der Waals surface area contributed by atoms with Crippen LogP contribution in [0, 0.1) is 0 Å². The van der Waals surface area contributed by atoms with E-state index >= 15 is 0 Å². The van der Waals surface area contributed by atoms with E-state index in [-0.39, 0.29) is 0 Å². The number of para-hydroxylation sites is 1. The van der Waals surface area contributed by atoms with Crippen molar-refractivity contribution in [1.29, 1.82) is 0 Å². The zero-order valence-corrected chi connectivity index (χ0v) is 17.8. The summed E-state index contributed by atoms with van der Waals surface area (Å²) in [6.07, 6.45) is 4.54. The molecule has 152 valence electrons. The van der Waals surface area contributed by atoms with Crippen LogP contribution in [0.15, 0.2) is 48.5 Å². The molecule has 0 bridgehead atoms. The summed E-state index contributed by atoms with van der Waals surface area (Å²) in [5, 5.41) is 9.13. The zero-order chi connectivity index (χ0) is 20.2. The van der Waals surface area contributed by atoms with Crippen LogP contribution in [0.4, 0.5) is 11.8 Å². The first-order valence-electron chi connectivity index (χ1n) is 10.3. The van der Waals surface area contributed by atoms with Crippen molar-refractivity contribution < 1.29 is 0 Å². The fourth-order valence-electron chi connectivity index (χ4n) is 3.95. The van der Waals surface area contributed by atoms with Crippen LogP contribution in [0.3, 0.4) is 0 Å². The van der Waals surface area contributed by atoms with Gasteiger partial charge in [-0.2, -0.15) is 4.98 Å². The maximum atomic E-state index is 5.96. The van der Waals surface area contributed by atoms with Crippen molar-refractivity contribution in [3.63, 3.8) is 0 Å². The van der Waals surface area contributed by atoms with Gasteiger partial charge in [-0.15, -0.1) is 0 Å². The minimum Gasteiger partial charge on any atom is -0.362 e. The van der Waals surface area contributed by atoms with Crippen molar-refractivity contribution in [2.45, 2.75) is 44.3 Å². The predicted octanol–water partition coefficient (Wildman–Crippen LogP) is 4.86. The van der Waals surface area contributed by atoms with E-state index in [1.54, 1.807) is 0 Å². The van der Waals surface area contributed by atoms with E-state index in [2.05, 4.69) is 28.8 Å². The number of aromatic nitrogens is 2. The Balaban J connectivity index is 1.34. The standard InChI is InChI=1S/C23H28ClN5/c1-29(2)22-20-5-3-4-6-21(20)27-23(28-22)26-19-13-11-18(12-14-19)25-15-16-7-9-17(24)10-8-16/h3-10,18-19,25H,11-15H2,1-2H3,(H,26,27,28). The van der Waals surface area contributed by atoms with Crippen LogP contribution in [0.25, 0.3) is 10.9 Å². The molecule has 2 aromatic carbocycles. The minimum atomic E-state index is 0.416. The quantitative estimate of drug-likeness (QED) is 0.608. The average Bonchev–Trinajstić information content (AvgIpc) is 2.74. The first kappa shape index (κ1) is 19.9. The van der Waals surface area contributed by atoms with Crippen LogP contribution >= 0.6 is 11.6 Å². The summed E-state index contributed by atoms with van der Waals surface area (Å²) in [5.41, 5.74) is 2.25. The van der Waals surface area contributed by atoms with Gasteiger partial charge in [-0.25, -0.2) is 4.98 Å². The van der Waals surface area contributed by atoms with E-state index in [0.717, 1.165) is 59.9 Å². The highest BCUT2D eigenvalue weighted by atomic mass is 35.5. The zero-order valence-electron chi connectivity index (χ0n) is 17.0. The van der Waals surface area contributed by atoms with Crippen LogP contribution in [-0.2, 0) is 6.54 Å². The molecule has 1 saturated carbocycles. The lowest BCUT2D eigenvalue weighted by Crippen LogP contribution is -2.37. The molecule has 5 nitrogen and oxygen atoms in total. The van der Waals surface area contributed by atoms with E-state index in [4.69, 9.17) is 21.6 Å². The third kappa shape index (κ3) is 4.98. The maximum absolute atomic E-state index is 5.96. The van der Waals surface area contributed by atoms with Crippen LogP contribution in [0.1, 0.15) is 31.2 Å². The van der Waals surface area contributed by atoms with Crippen molar-refractivity contribution in [3.05, 3.63) is 59.1 Å². The third-order valence-corrected chi connectivity index (χ3v) is 5.83. The summed E-state index contributed by atoms with van der Waals surface area (Å²) < 4.78 is 0. The van der Waals surface area contributed by atoms with Crippen molar-refractivity contribution in [3.8, 4) is 0 Å². The Labute approximate surface area is 177 Å². The third-order valence-electron chi connectivity index (χ3n) is 5.58. The molecule has 29 heavy (non-hydrogen) atoms. The van der Waals surface area contributed by atoms with Gasteiger partial charge in [0.1, 0.15) is 5.82 Å². The number of anilines is 2. The Morgan fingerprint density at radius 2 is 1.62 bits per heavy atom. The van der Waals surface area contributed by atoms with Gasteiger partial charge in [0.05, 0.1) is 5.52 Å². The second-order valence-electron chi connectivity index (χ2n) is 7.98. The fraction of sp³-hybridized carbons (Fsp3) is 0.391. The molecule has 1 fully saturated rings. The lowest BCUT2D eigenvalue weighted by molar-refractivity contribution is 0.352. The Morgan fingerprint density at radius 1 is 0.931 bits per heavy atom. The number of nitrogens with one attached hydrogen (secondary N) is 2. The fourth-order valence-corrected chi connectivity index (χ4v) is 4.08. The van der Waals surface area contributed by atoms with Crippen LogP contribution in [0.2, 0.25) is 5.02 Å². The molecule has 0 unspecified atom stereocenters. The minimum absolute atomic E-state index is 0.416. The van der Waals surface area contributed by atoms with E-state index in [0.29, 0.717) is 12.1 Å². The molecule has 6 heteroatoms. The van der Waals surface area contributed by atoms with Crippen LogP contribution < -0.4 is 15.5 Å². The summed E-state index contributed by atoms with van der Waals surface area (Å²) in [6.45, 7) is 0.889. The first-order chi connectivity index (χ1) is 14.1. The lowest BCUT2D eigenvalue weighted by atomic mass is 9.91. The molecule has 3 aromatic rings. The van der Waals surface area contributed by atoms with Crippen LogP contribution in [0.5, 0.6) is 0 Å². The highest BCUT2D eigenvalue weighted by Gasteiger charge is 2.22. The molecule has 1 aliphatic carbocycles. The number of halogens is 1. The molecule has 0 amide bonds. The van der Waals surface area contributed by atoms with Gasteiger partial charge in [-0.3, -0.25) is 0 Å². The van der Waals surface area contributed by atoms with Gasteiger partial charge in [-0.1, -0.05) is 35.9 Å². The highest BCUT2D eigenvalue weighted by molar-refractivity contribution is 6.30. The van der Waals surface area contributed by atoms with E-state index in [1.807, 2.05) is 49.3 Å². The lowest BCUT2D eigenvalue weighted by Gasteiger charge is -2.30. The number of rotatable bonds is 6. The van der Waals surface area contributed by atoms with E-state index < -0.39 is 0 Å². The molecule has 1 aliphatic rings. The van der Waals surface area contributed by atoms with Gasteiger partial charge in [0.2, 0.25) is 5.95 Å². The summed E-state index contributed by atoms with van der Waals surface area (Å²) in [5.74, 6) is 1.68. The summed E-state index contributed by atoms with van der Waals surface area (Å²) >= 11 is 5.96. The monoisotopic (exact) mass is 409 g/mol. The molecule has 1 aromatic heterocycles. The van der Waals surface area contributed by atoms with Gasteiger partial charge >= 0.3 is 0 Å². The van der Waals surface area contributed by atoms with Gasteiger partial charge in [0.15, 0.2) is 0 Å². The second-order valence-corrected chi connectivity index (χ2v) is 8.42. The van der Waals surface area contributed by atoms with Crippen molar-refractivity contribution >= 4 is 34.3 Å². The van der Waals surface area contributed by atoms with E-state index in [9.17, 15) is 0 Å². The SMILES string of the molecule is CN(C)c1nc(NC2CCC(NCc3ccc(Cl)cc3)CC2)nc2ccccc12. The number of fused-ring (bicyclic) bond motifs is 1. The largest absolute Gasteiger partial charge is 0.362 e. The van der Waals surface area contributed by atoms with E-state index in [1.165, 1.54) is 5.56 Å². The maximum Gasteiger partial charge on any atom is 0.225 e. The summed E-state index contributed by atoms with van der Waals surface area (Å²) in [7, 11) is 4.05. The predicted molar refractivity (Wildman–Crippen MR) is 122 cm³/mol. The number of benzene rings is 2. The van der Waals surface area contributed by atoms with Gasteiger partial charge in [-0.05, 0) is 55.5 Å². The number of hydrogen-bond donors (Lipinski definition) is 2. The van der Waals surface area contributed by atoms with Crippen molar-refractivity contribution in [2.75, 3.05) is 24.3 Å². The Kier molecular flexibility index (Phi) is 6.16. The van der Waals surface area contributed by atoms with Crippen molar-refractivity contribution in [1.82, 2.24) is 15.3 Å². The molecular formula is C23H28ClN5. The molecule has 4 rings (SSSR count). The number of nitrogens with zero attached hydrogens (tertiary/aromatic N) is 3. The van der Waals surface area contributed by atoms with Gasteiger partial charge in [0.25, 0.3) is 0 Å². The molecule has 1 heterocycles. The highest BCUT2D eigenvalue weighted by Crippen LogP contribution is 2.26. The molecule has 0 aliphatic heterocycles. The molecule has 0 radical (unpaired) electrons. The summed E-state index contributed by atoms with van der Waals surface area (Å²) in [6, 6.07) is 17.2. The summed E-state index contributed by atoms with van der Waals surface area (Å²) in [4.78, 5) is 11.6. The Bertz CT molecular complexity index is 949. The van der Waals surface area contributed by atoms with Crippen molar-refractivity contribution in [2.24, 2.45) is 0 Å². The normalized spacial score (nSPS) is 19.3. The average molecular weight is 410 g/mol. The topological polar surface area (TPSA) is 53.1 Å². The molecular weight excluding hydrogens is 382 g/mol. The second kappa shape index (κ2) is 8.97. The number of hydrogen-bond acceptors (Lipinski definition) is 5. The Morgan fingerprint density at radius 3 is 2.34 bits per heavy atom. The van der Waals surface area contributed by atoms with Crippen LogP contribution in [-0.4, -0.2) is 36.1 Å². The van der Waals surface area contributed by atoms with Gasteiger partial charge in [0, 0.05) is 43.1 Å². The first-order valence-corrected chi connectivity index (χ1v) is 10.6. The smallest absolute Gasteiger partial charge is 0.225 e. The molecule has 0 atom stereocenters. The molecule has 2 N–H and O–H groups in total. The molecule has 0 spiro atoms. The van der Waals surface area contributed by atoms with Gasteiger partial charge < -0.3 is 15.5 Å². The molecule has 0 saturated heterocycles.